The van der Waals surface area contributed by atoms with E-state index in [4.69, 9.17) is 23.2 Å². The van der Waals surface area contributed by atoms with Crippen molar-refractivity contribution in [3.63, 3.8) is 0 Å². The molecule has 0 aliphatic heterocycles. The van der Waals surface area contributed by atoms with Crippen LogP contribution in [0.2, 0.25) is 10.0 Å². The van der Waals surface area contributed by atoms with E-state index in [2.05, 4.69) is 5.32 Å². The Morgan fingerprint density at radius 3 is 2.03 bits per heavy atom. The second-order valence-electron chi connectivity index (χ2n) is 7.87. The van der Waals surface area contributed by atoms with E-state index < -0.39 is 6.04 Å². The number of nitrogens with one attached hydrogen (secondary N) is 1. The van der Waals surface area contributed by atoms with E-state index in [-0.39, 0.29) is 17.6 Å². The standard InChI is InChI=1S/C27H28Cl2N2O2S/c1-2-30-27(33)25(16-20-6-4-3-5-7-20)31(17-21-8-12-23(28)13-9-21)26(32)19-34-18-22-10-14-24(29)15-11-22/h3-15,25H,2,16-19H2,1H3,(H,30,33)/t25-/m0/s1. The summed E-state index contributed by atoms with van der Waals surface area (Å²) in [5, 5.41) is 4.22. The predicted octanol–water partition coefficient (Wildman–Crippen LogP) is 6.00. The van der Waals surface area contributed by atoms with Crippen LogP contribution in [0.4, 0.5) is 0 Å². The number of thioether (sulfide) groups is 1. The first-order valence-electron chi connectivity index (χ1n) is 11.1. The van der Waals surface area contributed by atoms with Gasteiger partial charge in [-0.3, -0.25) is 9.59 Å². The third-order valence-corrected chi connectivity index (χ3v) is 6.79. The molecular weight excluding hydrogens is 487 g/mol. The van der Waals surface area contributed by atoms with Crippen molar-refractivity contribution in [3.05, 3.63) is 106 Å². The Morgan fingerprint density at radius 2 is 1.44 bits per heavy atom. The molecular formula is C27H28Cl2N2O2S. The molecule has 3 aromatic carbocycles. The molecule has 0 radical (unpaired) electrons. The number of carbonyl (C=O) groups excluding carboxylic acids is 2. The van der Waals surface area contributed by atoms with Gasteiger partial charge >= 0.3 is 0 Å². The van der Waals surface area contributed by atoms with Gasteiger partial charge in [0, 0.05) is 35.3 Å². The lowest BCUT2D eigenvalue weighted by Gasteiger charge is -2.31. The monoisotopic (exact) mass is 514 g/mol. The van der Waals surface area contributed by atoms with Gasteiger partial charge in [-0.15, -0.1) is 11.8 Å². The first-order valence-corrected chi connectivity index (χ1v) is 13.0. The lowest BCUT2D eigenvalue weighted by Crippen LogP contribution is -2.51. The highest BCUT2D eigenvalue weighted by Gasteiger charge is 2.30. The van der Waals surface area contributed by atoms with Crippen LogP contribution in [0.25, 0.3) is 0 Å². The van der Waals surface area contributed by atoms with E-state index in [9.17, 15) is 9.59 Å². The molecule has 0 spiro atoms. The minimum Gasteiger partial charge on any atom is -0.355 e. The fraction of sp³-hybridized carbons (Fsp3) is 0.259. The van der Waals surface area contributed by atoms with Gasteiger partial charge in [-0.05, 0) is 47.9 Å². The summed E-state index contributed by atoms with van der Waals surface area (Å²) < 4.78 is 0. The topological polar surface area (TPSA) is 49.4 Å². The molecule has 0 unspecified atom stereocenters. The van der Waals surface area contributed by atoms with Crippen LogP contribution in [-0.2, 0) is 28.3 Å². The van der Waals surface area contributed by atoms with Crippen LogP contribution in [0.3, 0.4) is 0 Å². The molecule has 0 heterocycles. The van der Waals surface area contributed by atoms with E-state index in [0.717, 1.165) is 16.7 Å². The van der Waals surface area contributed by atoms with Gasteiger partial charge in [-0.25, -0.2) is 0 Å². The van der Waals surface area contributed by atoms with Crippen LogP contribution in [0, 0.1) is 0 Å². The Hall–Kier alpha value is -2.47. The van der Waals surface area contributed by atoms with Gasteiger partial charge in [0.15, 0.2) is 0 Å². The molecule has 34 heavy (non-hydrogen) atoms. The van der Waals surface area contributed by atoms with Crippen LogP contribution in [0.5, 0.6) is 0 Å². The number of likely N-dealkylation sites (N-methyl/N-ethyl adjacent to an activating group) is 1. The molecule has 7 heteroatoms. The molecule has 0 saturated carbocycles. The van der Waals surface area contributed by atoms with Crippen LogP contribution in [0.15, 0.2) is 78.9 Å². The highest BCUT2D eigenvalue weighted by molar-refractivity contribution is 7.99. The zero-order valence-electron chi connectivity index (χ0n) is 19.0. The van der Waals surface area contributed by atoms with Crippen molar-refractivity contribution < 1.29 is 9.59 Å². The van der Waals surface area contributed by atoms with Gasteiger partial charge in [0.1, 0.15) is 6.04 Å². The predicted molar refractivity (Wildman–Crippen MR) is 142 cm³/mol. The fourth-order valence-corrected chi connectivity index (χ4v) is 4.67. The average Bonchev–Trinajstić information content (AvgIpc) is 2.84. The van der Waals surface area contributed by atoms with Crippen molar-refractivity contribution in [1.29, 1.82) is 0 Å². The molecule has 3 aromatic rings. The largest absolute Gasteiger partial charge is 0.355 e. The SMILES string of the molecule is CCNC(=O)[C@H](Cc1ccccc1)N(Cc1ccc(Cl)cc1)C(=O)CSCc1ccc(Cl)cc1. The smallest absolute Gasteiger partial charge is 0.243 e. The maximum Gasteiger partial charge on any atom is 0.243 e. The molecule has 1 N–H and O–H groups in total. The van der Waals surface area contributed by atoms with Crippen LogP contribution < -0.4 is 5.32 Å². The van der Waals surface area contributed by atoms with Gasteiger partial charge in [-0.2, -0.15) is 0 Å². The zero-order chi connectivity index (χ0) is 24.3. The number of carbonyl (C=O) groups is 2. The third-order valence-electron chi connectivity index (χ3n) is 5.30. The highest BCUT2D eigenvalue weighted by atomic mass is 35.5. The van der Waals surface area contributed by atoms with Crippen molar-refractivity contribution in [1.82, 2.24) is 10.2 Å². The molecule has 2 amide bonds. The number of hydrogen-bond donors (Lipinski definition) is 1. The molecule has 0 saturated heterocycles. The summed E-state index contributed by atoms with van der Waals surface area (Å²) >= 11 is 13.5. The molecule has 0 fully saturated rings. The average molecular weight is 516 g/mol. The maximum absolute atomic E-state index is 13.5. The van der Waals surface area contributed by atoms with Crippen molar-refractivity contribution in [2.24, 2.45) is 0 Å². The van der Waals surface area contributed by atoms with Crippen LogP contribution in [0.1, 0.15) is 23.6 Å². The third kappa shape index (κ3) is 8.08. The first-order chi connectivity index (χ1) is 16.5. The molecule has 0 bridgehead atoms. The van der Waals surface area contributed by atoms with E-state index in [1.165, 1.54) is 11.8 Å². The summed E-state index contributed by atoms with van der Waals surface area (Å²) in [6.45, 7) is 2.70. The van der Waals surface area contributed by atoms with Crippen molar-refractivity contribution in [2.45, 2.75) is 31.7 Å². The zero-order valence-corrected chi connectivity index (χ0v) is 21.4. The van der Waals surface area contributed by atoms with Gasteiger partial charge in [0.25, 0.3) is 0 Å². The lowest BCUT2D eigenvalue weighted by atomic mass is 10.0. The van der Waals surface area contributed by atoms with Gasteiger partial charge in [0.2, 0.25) is 11.8 Å². The molecule has 0 aromatic heterocycles. The number of nitrogens with zero attached hydrogens (tertiary/aromatic N) is 1. The number of hydrogen-bond acceptors (Lipinski definition) is 3. The number of rotatable bonds is 11. The fourth-order valence-electron chi connectivity index (χ4n) is 3.55. The first kappa shape index (κ1) is 26.1. The second-order valence-corrected chi connectivity index (χ2v) is 9.73. The van der Waals surface area contributed by atoms with E-state index in [1.54, 1.807) is 17.0 Å². The number of amides is 2. The maximum atomic E-state index is 13.5. The van der Waals surface area contributed by atoms with E-state index in [1.807, 2.05) is 73.7 Å². The summed E-state index contributed by atoms with van der Waals surface area (Å²) in [6.07, 6.45) is 0.438. The van der Waals surface area contributed by atoms with Crippen LogP contribution in [-0.4, -0.2) is 35.1 Å². The molecule has 1 atom stereocenters. The summed E-state index contributed by atoms with van der Waals surface area (Å²) in [6, 6.07) is 24.1. The van der Waals surface area contributed by atoms with Crippen molar-refractivity contribution >= 4 is 46.8 Å². The number of benzene rings is 3. The van der Waals surface area contributed by atoms with Crippen LogP contribution >= 0.6 is 35.0 Å². The van der Waals surface area contributed by atoms with Crippen molar-refractivity contribution in [3.8, 4) is 0 Å². The lowest BCUT2D eigenvalue weighted by molar-refractivity contribution is -0.139. The Kier molecular flexibility index (Phi) is 10.3. The summed E-state index contributed by atoms with van der Waals surface area (Å²) in [5.74, 6) is 0.709. The second kappa shape index (κ2) is 13.4. The quantitative estimate of drug-likeness (QED) is 0.341. The number of halogens is 2. The Balaban J connectivity index is 1.81. The molecule has 0 aliphatic carbocycles. The highest BCUT2D eigenvalue weighted by Crippen LogP contribution is 2.20. The molecule has 4 nitrogen and oxygen atoms in total. The van der Waals surface area contributed by atoms with Crippen molar-refractivity contribution in [2.75, 3.05) is 12.3 Å². The summed E-state index contributed by atoms with van der Waals surface area (Å²) in [4.78, 5) is 28.3. The minimum atomic E-state index is -0.623. The van der Waals surface area contributed by atoms with Gasteiger partial charge in [0.05, 0.1) is 5.75 Å². The molecule has 0 aliphatic rings. The Bertz CT molecular complexity index is 1060. The minimum absolute atomic E-state index is 0.0823. The normalized spacial score (nSPS) is 11.6. The van der Waals surface area contributed by atoms with E-state index in [0.29, 0.717) is 35.3 Å². The Morgan fingerprint density at radius 1 is 0.853 bits per heavy atom. The van der Waals surface area contributed by atoms with E-state index >= 15 is 0 Å². The summed E-state index contributed by atoms with van der Waals surface area (Å²) in [5.41, 5.74) is 3.01. The summed E-state index contributed by atoms with van der Waals surface area (Å²) in [7, 11) is 0. The molecule has 3 rings (SSSR count). The van der Waals surface area contributed by atoms with Gasteiger partial charge in [-0.1, -0.05) is 77.8 Å². The molecule has 178 valence electrons. The van der Waals surface area contributed by atoms with Gasteiger partial charge < -0.3 is 10.2 Å². The Labute approximate surface area is 215 Å².